The minimum absolute atomic E-state index is 0.717. The quantitative estimate of drug-likeness (QED) is 0.750. The molecule has 0 unspecified atom stereocenters. The molecule has 0 fully saturated rings. The van der Waals surface area contributed by atoms with Gasteiger partial charge in [-0.05, 0) is 73.7 Å². The second-order valence-electron chi connectivity index (χ2n) is 6.23. The summed E-state index contributed by atoms with van der Waals surface area (Å²) in [7, 11) is 0. The smallest absolute Gasteiger partial charge is 0.0401 e. The van der Waals surface area contributed by atoms with Gasteiger partial charge < -0.3 is 11.1 Å². The van der Waals surface area contributed by atoms with Crippen molar-refractivity contribution in [1.29, 1.82) is 0 Å². The van der Waals surface area contributed by atoms with Crippen LogP contribution in [-0.2, 0) is 6.54 Å². The Kier molecular flexibility index (Phi) is 5.28. The molecule has 2 heteroatoms. The van der Waals surface area contributed by atoms with Crippen molar-refractivity contribution in [2.75, 3.05) is 5.73 Å². The SMILES string of the molecule is C=C(NCc1cccc(N)c1)c1ccc(C)c(C(C)=C(C)C)c1. The van der Waals surface area contributed by atoms with Gasteiger partial charge in [0.1, 0.15) is 0 Å². The van der Waals surface area contributed by atoms with Crippen LogP contribution in [0.2, 0.25) is 0 Å². The normalized spacial score (nSPS) is 10.3. The van der Waals surface area contributed by atoms with Gasteiger partial charge in [-0.25, -0.2) is 0 Å². The van der Waals surface area contributed by atoms with Crippen LogP contribution < -0.4 is 11.1 Å². The molecule has 2 aromatic carbocycles. The summed E-state index contributed by atoms with van der Waals surface area (Å²) in [6, 6.07) is 14.4. The molecule has 3 N–H and O–H groups in total. The van der Waals surface area contributed by atoms with E-state index in [0.29, 0.717) is 6.54 Å². The molecule has 0 radical (unpaired) electrons. The summed E-state index contributed by atoms with van der Waals surface area (Å²) >= 11 is 0. The van der Waals surface area contributed by atoms with E-state index in [4.69, 9.17) is 5.73 Å². The van der Waals surface area contributed by atoms with Crippen LogP contribution in [0.25, 0.3) is 11.3 Å². The van der Waals surface area contributed by atoms with Gasteiger partial charge in [0.15, 0.2) is 0 Å². The fourth-order valence-electron chi connectivity index (χ4n) is 2.50. The zero-order chi connectivity index (χ0) is 17.0. The molecule has 23 heavy (non-hydrogen) atoms. The Labute approximate surface area is 139 Å². The molecule has 0 amide bonds. The molecule has 0 atom stereocenters. The average Bonchev–Trinajstić information content (AvgIpc) is 2.52. The third-order valence-corrected chi connectivity index (χ3v) is 4.20. The predicted octanol–water partition coefficient (Wildman–Crippen LogP) is 5.15. The van der Waals surface area contributed by atoms with Crippen LogP contribution in [0.4, 0.5) is 5.69 Å². The summed E-state index contributed by atoms with van der Waals surface area (Å²) in [5.74, 6) is 0. The standard InChI is InChI=1S/C21H26N2/c1-14(2)16(4)21-12-19(10-9-15(21)3)17(5)23-13-18-7-6-8-20(22)11-18/h6-12,23H,5,13,22H2,1-4H3. The number of aryl methyl sites for hydroxylation is 1. The van der Waals surface area contributed by atoms with Crippen molar-refractivity contribution < 1.29 is 0 Å². The van der Waals surface area contributed by atoms with E-state index in [1.165, 1.54) is 22.3 Å². The van der Waals surface area contributed by atoms with Crippen molar-refractivity contribution in [1.82, 2.24) is 5.32 Å². The number of nitrogens with two attached hydrogens (primary N) is 1. The first-order chi connectivity index (χ1) is 10.9. The number of hydrogen-bond donors (Lipinski definition) is 2. The molecule has 0 bridgehead atoms. The van der Waals surface area contributed by atoms with E-state index in [2.05, 4.69) is 63.9 Å². The average molecular weight is 306 g/mol. The van der Waals surface area contributed by atoms with Crippen molar-refractivity contribution in [2.45, 2.75) is 34.2 Å². The third-order valence-electron chi connectivity index (χ3n) is 4.20. The Hall–Kier alpha value is -2.48. The summed E-state index contributed by atoms with van der Waals surface area (Å²) in [6.45, 7) is 13.5. The van der Waals surface area contributed by atoms with Crippen LogP contribution in [-0.4, -0.2) is 0 Å². The second kappa shape index (κ2) is 7.19. The van der Waals surface area contributed by atoms with Crippen molar-refractivity contribution >= 4 is 17.0 Å². The molecule has 0 saturated heterocycles. The second-order valence-corrected chi connectivity index (χ2v) is 6.23. The Morgan fingerprint density at radius 3 is 2.48 bits per heavy atom. The van der Waals surface area contributed by atoms with Gasteiger partial charge in [-0.1, -0.05) is 36.4 Å². The molecule has 0 aliphatic rings. The highest BCUT2D eigenvalue weighted by Gasteiger charge is 2.06. The number of nitrogens with one attached hydrogen (secondary N) is 1. The minimum Gasteiger partial charge on any atom is -0.399 e. The van der Waals surface area contributed by atoms with Gasteiger partial charge >= 0.3 is 0 Å². The molecule has 0 aromatic heterocycles. The number of anilines is 1. The Bertz CT molecular complexity index is 750. The zero-order valence-corrected chi connectivity index (χ0v) is 14.5. The van der Waals surface area contributed by atoms with Gasteiger partial charge in [-0.3, -0.25) is 0 Å². The van der Waals surface area contributed by atoms with Crippen LogP contribution in [0.5, 0.6) is 0 Å². The fraction of sp³-hybridized carbons (Fsp3) is 0.238. The lowest BCUT2D eigenvalue weighted by Crippen LogP contribution is -2.11. The van der Waals surface area contributed by atoms with E-state index in [1.54, 1.807) is 0 Å². The molecule has 2 rings (SSSR count). The minimum atomic E-state index is 0.717. The Morgan fingerprint density at radius 1 is 1.09 bits per heavy atom. The summed E-state index contributed by atoms with van der Waals surface area (Å²) in [5.41, 5.74) is 15.0. The van der Waals surface area contributed by atoms with E-state index in [0.717, 1.165) is 22.5 Å². The fourth-order valence-corrected chi connectivity index (χ4v) is 2.50. The maximum absolute atomic E-state index is 5.82. The van der Waals surface area contributed by atoms with Crippen LogP contribution >= 0.6 is 0 Å². The molecule has 0 saturated carbocycles. The number of rotatable bonds is 5. The van der Waals surface area contributed by atoms with Crippen LogP contribution in [0.3, 0.4) is 0 Å². The summed E-state index contributed by atoms with van der Waals surface area (Å²) < 4.78 is 0. The summed E-state index contributed by atoms with van der Waals surface area (Å²) in [5, 5.41) is 3.39. The molecular weight excluding hydrogens is 280 g/mol. The number of allylic oxidation sites excluding steroid dienone is 2. The van der Waals surface area contributed by atoms with Crippen molar-refractivity contribution in [2.24, 2.45) is 0 Å². The molecular formula is C21H26N2. The molecule has 2 nitrogen and oxygen atoms in total. The maximum atomic E-state index is 5.82. The molecule has 0 aliphatic carbocycles. The highest BCUT2D eigenvalue weighted by atomic mass is 14.9. The molecule has 0 spiro atoms. The predicted molar refractivity (Wildman–Crippen MR) is 102 cm³/mol. The lowest BCUT2D eigenvalue weighted by atomic mass is 9.95. The van der Waals surface area contributed by atoms with Crippen LogP contribution in [0.15, 0.2) is 54.6 Å². The largest absolute Gasteiger partial charge is 0.399 e. The van der Waals surface area contributed by atoms with Gasteiger partial charge in [0.05, 0.1) is 0 Å². The van der Waals surface area contributed by atoms with Crippen molar-refractivity contribution in [3.8, 4) is 0 Å². The van der Waals surface area contributed by atoms with E-state index in [-0.39, 0.29) is 0 Å². The first kappa shape index (κ1) is 16.9. The topological polar surface area (TPSA) is 38.0 Å². The van der Waals surface area contributed by atoms with E-state index in [1.807, 2.05) is 18.2 Å². The first-order valence-corrected chi connectivity index (χ1v) is 7.91. The van der Waals surface area contributed by atoms with Gasteiger partial charge in [0.25, 0.3) is 0 Å². The summed E-state index contributed by atoms with van der Waals surface area (Å²) in [4.78, 5) is 0. The van der Waals surface area contributed by atoms with E-state index in [9.17, 15) is 0 Å². The molecule has 0 aliphatic heterocycles. The Morgan fingerprint density at radius 2 is 1.83 bits per heavy atom. The molecule has 120 valence electrons. The molecule has 0 heterocycles. The highest BCUT2D eigenvalue weighted by Crippen LogP contribution is 2.25. The lowest BCUT2D eigenvalue weighted by Gasteiger charge is -2.14. The van der Waals surface area contributed by atoms with Gasteiger partial charge in [-0.15, -0.1) is 0 Å². The molecule has 2 aromatic rings. The number of benzene rings is 2. The monoisotopic (exact) mass is 306 g/mol. The highest BCUT2D eigenvalue weighted by molar-refractivity contribution is 5.73. The zero-order valence-electron chi connectivity index (χ0n) is 14.5. The maximum Gasteiger partial charge on any atom is 0.0401 e. The Balaban J connectivity index is 2.17. The first-order valence-electron chi connectivity index (χ1n) is 7.91. The lowest BCUT2D eigenvalue weighted by molar-refractivity contribution is 0.892. The summed E-state index contributed by atoms with van der Waals surface area (Å²) in [6.07, 6.45) is 0. The van der Waals surface area contributed by atoms with E-state index < -0.39 is 0 Å². The van der Waals surface area contributed by atoms with E-state index >= 15 is 0 Å². The van der Waals surface area contributed by atoms with Gasteiger partial charge in [0, 0.05) is 17.9 Å². The van der Waals surface area contributed by atoms with Gasteiger partial charge in [0.2, 0.25) is 0 Å². The van der Waals surface area contributed by atoms with Crippen LogP contribution in [0.1, 0.15) is 43.0 Å². The number of hydrogen-bond acceptors (Lipinski definition) is 2. The van der Waals surface area contributed by atoms with Crippen molar-refractivity contribution in [3.05, 3.63) is 76.9 Å². The van der Waals surface area contributed by atoms with Crippen molar-refractivity contribution in [3.63, 3.8) is 0 Å². The van der Waals surface area contributed by atoms with Gasteiger partial charge in [-0.2, -0.15) is 0 Å². The van der Waals surface area contributed by atoms with Crippen LogP contribution in [0, 0.1) is 6.92 Å². The third kappa shape index (κ3) is 4.26. The number of nitrogen functional groups attached to an aromatic ring is 1.